The molecule has 0 unspecified atom stereocenters. The number of aryl methyl sites for hydroxylation is 1. The number of anilines is 1. The fourth-order valence-corrected chi connectivity index (χ4v) is 5.40. The average Bonchev–Trinajstić information content (AvgIpc) is 2.91. The van der Waals surface area contributed by atoms with Crippen LogP contribution in [0.15, 0.2) is 65.6 Å². The number of carbonyl (C=O) groups is 1. The quantitative estimate of drug-likeness (QED) is 0.452. The molecule has 0 radical (unpaired) electrons. The fraction of sp³-hybridized carbons (Fsp3) is 0.296. The molecule has 1 heterocycles. The first kappa shape index (κ1) is 26.2. The molecule has 1 aliphatic rings. The van der Waals surface area contributed by atoms with Crippen LogP contribution < -0.4 is 28.6 Å². The molecule has 1 aliphatic heterocycles. The molecule has 0 saturated heterocycles. The van der Waals surface area contributed by atoms with Crippen LogP contribution in [0.2, 0.25) is 0 Å². The van der Waals surface area contributed by atoms with E-state index in [0.717, 1.165) is 15.4 Å². The molecule has 196 valence electrons. The second-order valence-electron chi connectivity index (χ2n) is 8.56. The molecule has 10 heteroatoms. The van der Waals surface area contributed by atoms with E-state index >= 15 is 0 Å². The number of ether oxygens (including phenoxy) is 4. The molecule has 1 N–H and O–H groups in total. The molecular weight excluding hydrogens is 496 g/mol. The Morgan fingerprint density at radius 2 is 1.62 bits per heavy atom. The van der Waals surface area contributed by atoms with Gasteiger partial charge in [0.05, 0.1) is 30.8 Å². The summed E-state index contributed by atoms with van der Waals surface area (Å²) in [6.45, 7) is 4.24. The highest BCUT2D eigenvalue weighted by Gasteiger charge is 2.29. The third kappa shape index (κ3) is 5.75. The van der Waals surface area contributed by atoms with Crippen LogP contribution in [0.4, 0.5) is 5.69 Å². The van der Waals surface area contributed by atoms with Gasteiger partial charge in [0.15, 0.2) is 23.0 Å². The van der Waals surface area contributed by atoms with Gasteiger partial charge in [-0.2, -0.15) is 0 Å². The lowest BCUT2D eigenvalue weighted by atomic mass is 10.1. The largest absolute Gasteiger partial charge is 0.493 e. The van der Waals surface area contributed by atoms with Crippen LogP contribution in [0.5, 0.6) is 23.0 Å². The Morgan fingerprint density at radius 3 is 2.30 bits per heavy atom. The number of amides is 1. The van der Waals surface area contributed by atoms with Crippen molar-refractivity contribution in [1.29, 1.82) is 0 Å². The first-order valence-electron chi connectivity index (χ1n) is 11.7. The highest BCUT2D eigenvalue weighted by atomic mass is 32.2. The summed E-state index contributed by atoms with van der Waals surface area (Å²) in [5, 5.41) is 2.89. The lowest BCUT2D eigenvalue weighted by Crippen LogP contribution is -2.41. The summed E-state index contributed by atoms with van der Waals surface area (Å²) in [5.41, 5.74) is 2.13. The van der Waals surface area contributed by atoms with E-state index in [4.69, 9.17) is 18.9 Å². The van der Waals surface area contributed by atoms with Gasteiger partial charge in [-0.3, -0.25) is 9.10 Å². The van der Waals surface area contributed by atoms with Gasteiger partial charge >= 0.3 is 0 Å². The van der Waals surface area contributed by atoms with E-state index < -0.39 is 28.5 Å². The molecular formula is C27H30N2O7S. The Balaban J connectivity index is 1.60. The second-order valence-corrected chi connectivity index (χ2v) is 10.4. The zero-order valence-corrected chi connectivity index (χ0v) is 22.0. The minimum atomic E-state index is -4.13. The number of fused-ring (bicyclic) bond motifs is 1. The van der Waals surface area contributed by atoms with Crippen LogP contribution in [0.3, 0.4) is 0 Å². The van der Waals surface area contributed by atoms with Crippen LogP contribution >= 0.6 is 0 Å². The number of nitrogens with zero attached hydrogens (tertiary/aromatic N) is 1. The maximum Gasteiger partial charge on any atom is 0.264 e. The van der Waals surface area contributed by atoms with Gasteiger partial charge in [-0.15, -0.1) is 0 Å². The van der Waals surface area contributed by atoms with Crippen molar-refractivity contribution < 1.29 is 32.2 Å². The van der Waals surface area contributed by atoms with E-state index in [1.807, 2.05) is 26.0 Å². The third-order valence-corrected chi connectivity index (χ3v) is 7.77. The Bertz CT molecular complexity index is 1370. The van der Waals surface area contributed by atoms with E-state index in [2.05, 4.69) is 5.32 Å². The number of hydrogen-bond donors (Lipinski definition) is 1. The monoisotopic (exact) mass is 526 g/mol. The van der Waals surface area contributed by atoms with Gasteiger partial charge in [0.1, 0.15) is 19.8 Å². The van der Waals surface area contributed by atoms with Crippen molar-refractivity contribution in [3.05, 3.63) is 71.8 Å². The van der Waals surface area contributed by atoms with Crippen LogP contribution in [0.1, 0.15) is 24.1 Å². The number of rotatable bonds is 9. The second kappa shape index (κ2) is 11.0. The predicted octanol–water partition coefficient (Wildman–Crippen LogP) is 3.86. The van der Waals surface area contributed by atoms with Crippen molar-refractivity contribution in [2.75, 3.05) is 38.3 Å². The number of nitrogens with one attached hydrogen (secondary N) is 1. The standard InChI is InChI=1S/C27H30N2O7S/c1-18-5-8-21(9-6-18)29(37(31,32)22-10-12-23(33-3)25(16-22)34-4)17-27(30)28-19(2)20-7-11-24-26(15-20)36-14-13-35-24/h5-12,15-16,19H,13-14,17H2,1-4H3,(H,28,30)/t19-/m0/s1. The van der Waals surface area contributed by atoms with E-state index in [9.17, 15) is 13.2 Å². The Labute approximate surface area is 217 Å². The number of hydrogen-bond acceptors (Lipinski definition) is 7. The summed E-state index contributed by atoms with van der Waals surface area (Å²) in [5.74, 6) is 1.47. The summed E-state index contributed by atoms with van der Waals surface area (Å²) >= 11 is 0. The molecule has 0 bridgehead atoms. The number of methoxy groups -OCH3 is 2. The van der Waals surface area contributed by atoms with Crippen molar-refractivity contribution in [2.24, 2.45) is 0 Å². The van der Waals surface area contributed by atoms with Gasteiger partial charge in [0, 0.05) is 6.07 Å². The van der Waals surface area contributed by atoms with Crippen molar-refractivity contribution in [1.82, 2.24) is 5.32 Å². The first-order chi connectivity index (χ1) is 17.7. The van der Waals surface area contributed by atoms with Crippen LogP contribution in [0.25, 0.3) is 0 Å². The maximum atomic E-state index is 13.8. The summed E-state index contributed by atoms with van der Waals surface area (Å²) in [7, 11) is -1.23. The van der Waals surface area contributed by atoms with Gasteiger partial charge in [0.25, 0.3) is 10.0 Å². The maximum absolute atomic E-state index is 13.8. The Kier molecular flexibility index (Phi) is 7.77. The number of sulfonamides is 1. The highest BCUT2D eigenvalue weighted by molar-refractivity contribution is 7.92. The zero-order valence-electron chi connectivity index (χ0n) is 21.2. The van der Waals surface area contributed by atoms with Crippen molar-refractivity contribution >= 4 is 21.6 Å². The minimum Gasteiger partial charge on any atom is -0.493 e. The lowest BCUT2D eigenvalue weighted by molar-refractivity contribution is -0.120. The van der Waals surface area contributed by atoms with E-state index in [0.29, 0.717) is 36.1 Å². The van der Waals surface area contributed by atoms with Gasteiger partial charge in [-0.1, -0.05) is 23.8 Å². The summed E-state index contributed by atoms with van der Waals surface area (Å²) in [6, 6.07) is 16.3. The van der Waals surface area contributed by atoms with E-state index in [1.54, 1.807) is 30.3 Å². The van der Waals surface area contributed by atoms with Crippen molar-refractivity contribution in [3.63, 3.8) is 0 Å². The molecule has 3 aromatic carbocycles. The molecule has 37 heavy (non-hydrogen) atoms. The first-order valence-corrected chi connectivity index (χ1v) is 13.2. The average molecular weight is 527 g/mol. The molecule has 0 aliphatic carbocycles. The molecule has 3 aromatic rings. The van der Waals surface area contributed by atoms with Crippen molar-refractivity contribution in [2.45, 2.75) is 24.8 Å². The SMILES string of the molecule is COc1ccc(S(=O)(=O)N(CC(=O)N[C@@H](C)c2ccc3c(c2)OCCO3)c2ccc(C)cc2)cc1OC. The zero-order chi connectivity index (χ0) is 26.6. The topological polar surface area (TPSA) is 103 Å². The highest BCUT2D eigenvalue weighted by Crippen LogP contribution is 2.34. The predicted molar refractivity (Wildman–Crippen MR) is 139 cm³/mol. The minimum absolute atomic E-state index is 0.0293. The van der Waals surface area contributed by atoms with Crippen LogP contribution in [-0.4, -0.2) is 48.3 Å². The normalized spacial score (nSPS) is 13.4. The molecule has 1 atom stereocenters. The van der Waals surface area contributed by atoms with Crippen molar-refractivity contribution in [3.8, 4) is 23.0 Å². The third-order valence-electron chi connectivity index (χ3n) is 6.00. The van der Waals surface area contributed by atoms with Crippen LogP contribution in [-0.2, 0) is 14.8 Å². The Morgan fingerprint density at radius 1 is 0.946 bits per heavy atom. The van der Waals surface area contributed by atoms with E-state index in [-0.39, 0.29) is 10.6 Å². The molecule has 9 nitrogen and oxygen atoms in total. The molecule has 4 rings (SSSR count). The lowest BCUT2D eigenvalue weighted by Gasteiger charge is -2.26. The van der Waals surface area contributed by atoms with Gasteiger partial charge in [-0.25, -0.2) is 8.42 Å². The smallest absolute Gasteiger partial charge is 0.264 e. The summed E-state index contributed by atoms with van der Waals surface area (Å²) in [6.07, 6.45) is 0. The molecule has 0 fully saturated rings. The Hall–Kier alpha value is -3.92. The van der Waals surface area contributed by atoms with Gasteiger partial charge in [-0.05, 0) is 55.8 Å². The van der Waals surface area contributed by atoms with Gasteiger partial charge in [0.2, 0.25) is 5.91 Å². The number of benzene rings is 3. The summed E-state index contributed by atoms with van der Waals surface area (Å²) in [4.78, 5) is 13.1. The van der Waals surface area contributed by atoms with Crippen LogP contribution in [0, 0.1) is 6.92 Å². The fourth-order valence-electron chi connectivity index (χ4n) is 3.96. The molecule has 0 aromatic heterocycles. The molecule has 0 saturated carbocycles. The molecule has 0 spiro atoms. The number of carbonyl (C=O) groups excluding carboxylic acids is 1. The van der Waals surface area contributed by atoms with Gasteiger partial charge < -0.3 is 24.3 Å². The molecule has 1 amide bonds. The van der Waals surface area contributed by atoms with E-state index in [1.165, 1.54) is 32.4 Å². The summed E-state index contributed by atoms with van der Waals surface area (Å²) < 4.78 is 50.3.